The molecule has 0 heterocycles. The minimum absolute atomic E-state index is 0. The SMILES string of the molecule is CCC[N-]C(=S)[S-].[Br-].[Br-].[Mg+2].[Mg+2]. The van der Waals surface area contributed by atoms with Crippen LogP contribution in [0.15, 0.2) is 0 Å². The number of thiocarbonyl (C=S) groups is 1. The summed E-state index contributed by atoms with van der Waals surface area (Å²) >= 11 is 9.02. The molecule has 0 bridgehead atoms. The second kappa shape index (κ2) is 22.9. The van der Waals surface area contributed by atoms with Crippen LogP contribution in [0.25, 0.3) is 5.32 Å². The maximum Gasteiger partial charge on any atom is 2.00 e. The monoisotopic (exact) mass is 339 g/mol. The van der Waals surface area contributed by atoms with Gasteiger partial charge < -0.3 is 64.1 Å². The molecule has 7 heteroatoms. The van der Waals surface area contributed by atoms with Gasteiger partial charge in [-0.2, -0.15) is 0 Å². The zero-order valence-corrected chi connectivity index (χ0v) is 14.0. The molecule has 0 unspecified atom stereocenters. The molecule has 0 aliphatic heterocycles. The number of halogens is 2. The van der Waals surface area contributed by atoms with Crippen molar-refractivity contribution in [2.24, 2.45) is 0 Å². The Hall–Kier alpha value is 2.60. The predicted octanol–water partition coefficient (Wildman–Crippen LogP) is -5.15. The van der Waals surface area contributed by atoms with Crippen molar-refractivity contribution in [2.45, 2.75) is 13.3 Å². The van der Waals surface area contributed by atoms with Crippen LogP contribution in [0.1, 0.15) is 13.3 Å². The van der Waals surface area contributed by atoms with Gasteiger partial charge >= 0.3 is 46.1 Å². The minimum atomic E-state index is 0. The van der Waals surface area contributed by atoms with Crippen LogP contribution in [0.2, 0.25) is 0 Å². The van der Waals surface area contributed by atoms with Crippen molar-refractivity contribution < 1.29 is 34.0 Å². The molecule has 58 valence electrons. The van der Waals surface area contributed by atoms with E-state index in [1.807, 2.05) is 6.92 Å². The summed E-state index contributed by atoms with van der Waals surface area (Å²) in [5.74, 6) is 0. The number of rotatable bonds is 2. The quantitative estimate of drug-likeness (QED) is 0.283. The van der Waals surface area contributed by atoms with Gasteiger partial charge in [0.05, 0.1) is 0 Å². The van der Waals surface area contributed by atoms with Crippen LogP contribution in [-0.2, 0) is 12.6 Å². The smallest absolute Gasteiger partial charge is 1.00 e. The molecular formula is C4H7Br2Mg2NS2. The number of hydrogen-bond acceptors (Lipinski definition) is 2. The fraction of sp³-hybridized carbons (Fsp3) is 0.750. The van der Waals surface area contributed by atoms with Crippen LogP contribution in [0.4, 0.5) is 0 Å². The van der Waals surface area contributed by atoms with Crippen molar-refractivity contribution in [2.75, 3.05) is 6.54 Å². The summed E-state index contributed by atoms with van der Waals surface area (Å²) in [5, 5.41) is 3.79. The second-order valence-electron chi connectivity index (χ2n) is 1.15. The topological polar surface area (TPSA) is 14.1 Å². The predicted molar refractivity (Wildman–Crippen MR) is 50.0 cm³/mol. The van der Waals surface area contributed by atoms with Crippen LogP contribution in [0.5, 0.6) is 0 Å². The van der Waals surface area contributed by atoms with Gasteiger partial charge in [-0.05, 0) is 0 Å². The summed E-state index contributed by atoms with van der Waals surface area (Å²) < 4.78 is 0.349. The summed E-state index contributed by atoms with van der Waals surface area (Å²) in [6.07, 6.45) is 1.02. The first-order valence-electron chi connectivity index (χ1n) is 2.16. The van der Waals surface area contributed by atoms with Crippen molar-refractivity contribution in [3.63, 3.8) is 0 Å². The Morgan fingerprint density at radius 1 is 1.36 bits per heavy atom. The molecule has 0 aromatic rings. The third-order valence-corrected chi connectivity index (χ3v) is 0.723. The van der Waals surface area contributed by atoms with E-state index < -0.39 is 0 Å². The van der Waals surface area contributed by atoms with Gasteiger partial charge in [-0.1, -0.05) is 13.3 Å². The van der Waals surface area contributed by atoms with Crippen molar-refractivity contribution in [3.8, 4) is 0 Å². The Balaban J connectivity index is -0.0000000300. The van der Waals surface area contributed by atoms with E-state index in [0.717, 1.165) is 13.0 Å². The normalized spacial score (nSPS) is 5.18. The van der Waals surface area contributed by atoms with E-state index in [-0.39, 0.29) is 80.1 Å². The van der Waals surface area contributed by atoms with E-state index in [4.69, 9.17) is 0 Å². The third-order valence-electron chi connectivity index (χ3n) is 0.465. The number of hydrogen-bond donors (Lipinski definition) is 0. The van der Waals surface area contributed by atoms with Gasteiger partial charge in [-0.15, -0.1) is 6.54 Å². The van der Waals surface area contributed by atoms with Crippen molar-refractivity contribution in [1.29, 1.82) is 0 Å². The van der Waals surface area contributed by atoms with E-state index in [2.05, 4.69) is 30.2 Å². The van der Waals surface area contributed by atoms with Gasteiger partial charge in [-0.3, -0.25) is 4.32 Å². The van der Waals surface area contributed by atoms with E-state index in [9.17, 15) is 0 Å². The van der Waals surface area contributed by atoms with Crippen molar-refractivity contribution >= 4 is 75.3 Å². The zero-order chi connectivity index (χ0) is 5.70. The standard InChI is InChI=1S/C4H9NS2.2BrH.2Mg/c1-2-3-5-4(6)7;;;;/h2-3H2,1H3,(H2,5,6,7);2*1H;;/q;;;2*+2/p-4. The maximum atomic E-state index is 4.51. The van der Waals surface area contributed by atoms with E-state index in [0.29, 0.717) is 4.32 Å². The van der Waals surface area contributed by atoms with Crippen molar-refractivity contribution in [3.05, 3.63) is 5.32 Å². The fourth-order valence-corrected chi connectivity index (χ4v) is 0.386. The van der Waals surface area contributed by atoms with Crippen LogP contribution < -0.4 is 34.0 Å². The van der Waals surface area contributed by atoms with Gasteiger partial charge in [0.1, 0.15) is 0 Å². The Morgan fingerprint density at radius 3 is 1.82 bits per heavy atom. The van der Waals surface area contributed by atoms with Gasteiger partial charge in [0.25, 0.3) is 0 Å². The summed E-state index contributed by atoms with van der Waals surface area (Å²) in [6.45, 7) is 2.82. The molecule has 0 aliphatic rings. The average molecular weight is 342 g/mol. The molecule has 0 aliphatic carbocycles. The summed E-state index contributed by atoms with van der Waals surface area (Å²) in [5.41, 5.74) is 0. The molecule has 0 amide bonds. The van der Waals surface area contributed by atoms with Gasteiger partial charge in [-0.25, -0.2) is 0 Å². The molecule has 0 saturated heterocycles. The first-order chi connectivity index (χ1) is 3.27. The Labute approximate surface area is 132 Å². The molecule has 0 atom stereocenters. The van der Waals surface area contributed by atoms with Crippen LogP contribution in [-0.4, -0.2) is 57.0 Å². The second-order valence-corrected chi connectivity index (χ2v) is 2.18. The molecule has 0 aromatic heterocycles. The summed E-state index contributed by atoms with van der Waals surface area (Å²) in [6, 6.07) is 0. The first-order valence-corrected chi connectivity index (χ1v) is 2.97. The molecule has 0 N–H and O–H groups in total. The van der Waals surface area contributed by atoms with Crippen molar-refractivity contribution in [1.82, 2.24) is 0 Å². The molecule has 0 rings (SSSR count). The average Bonchev–Trinajstić information content (AvgIpc) is 1.61. The largest absolute Gasteiger partial charge is 2.00 e. The third kappa shape index (κ3) is 32.5. The van der Waals surface area contributed by atoms with Gasteiger partial charge in [0.2, 0.25) is 0 Å². The zero-order valence-electron chi connectivity index (χ0n) is 6.35. The van der Waals surface area contributed by atoms with Crippen LogP contribution in [0.3, 0.4) is 0 Å². The molecule has 0 spiro atoms. The first kappa shape index (κ1) is 29.2. The Morgan fingerprint density at radius 2 is 1.73 bits per heavy atom. The Bertz CT molecular complexity index is 77.1. The maximum absolute atomic E-state index is 4.51. The molecule has 0 radical (unpaired) electrons. The van der Waals surface area contributed by atoms with Crippen LogP contribution >= 0.6 is 12.2 Å². The van der Waals surface area contributed by atoms with Gasteiger partial charge in [0, 0.05) is 0 Å². The van der Waals surface area contributed by atoms with E-state index >= 15 is 0 Å². The molecule has 0 aromatic carbocycles. The Kier molecular flexibility index (Phi) is 60.8. The number of nitrogens with zero attached hydrogens (tertiary/aromatic N) is 1. The summed E-state index contributed by atoms with van der Waals surface area (Å²) in [7, 11) is 0. The van der Waals surface area contributed by atoms with Crippen LogP contribution in [0, 0.1) is 0 Å². The summed E-state index contributed by atoms with van der Waals surface area (Å²) in [4.78, 5) is 0. The molecule has 0 saturated carbocycles. The molecular weight excluding hydrogens is 335 g/mol. The minimum Gasteiger partial charge on any atom is -1.00 e. The van der Waals surface area contributed by atoms with E-state index in [1.165, 1.54) is 0 Å². The molecule has 0 fully saturated rings. The molecule has 1 nitrogen and oxygen atoms in total. The molecule has 11 heavy (non-hydrogen) atoms. The van der Waals surface area contributed by atoms with Gasteiger partial charge in [0.15, 0.2) is 0 Å². The fourth-order valence-electron chi connectivity index (χ4n) is 0.203. The van der Waals surface area contributed by atoms with E-state index in [1.54, 1.807) is 0 Å².